The second kappa shape index (κ2) is 11.6. The number of nitrogens with zero attached hydrogens (tertiary/aromatic N) is 7. The summed E-state index contributed by atoms with van der Waals surface area (Å²) in [7, 11) is 2.12. The van der Waals surface area contributed by atoms with Gasteiger partial charge in [0.15, 0.2) is 5.13 Å². The molecule has 0 N–H and O–H groups in total. The van der Waals surface area contributed by atoms with Gasteiger partial charge in [-0.25, -0.2) is 0 Å². The number of benzene rings is 1. The van der Waals surface area contributed by atoms with Crippen molar-refractivity contribution < 1.29 is 13.9 Å². The van der Waals surface area contributed by atoms with E-state index in [1.165, 1.54) is 17.4 Å². The predicted octanol–water partition coefficient (Wildman–Crippen LogP) is 3.98. The highest BCUT2D eigenvalue weighted by molar-refractivity contribution is 7.18. The molecule has 0 bridgehead atoms. The van der Waals surface area contributed by atoms with Crippen molar-refractivity contribution in [2.45, 2.75) is 44.3 Å². The summed E-state index contributed by atoms with van der Waals surface area (Å²) in [5.74, 6) is 0.660. The molecule has 3 aromatic rings. The molecule has 0 aliphatic carbocycles. The summed E-state index contributed by atoms with van der Waals surface area (Å²) in [6.07, 6.45) is 4.50. The third kappa shape index (κ3) is 5.46. The van der Waals surface area contributed by atoms with E-state index < -0.39 is 0 Å². The maximum atomic E-state index is 14.2. The minimum atomic E-state index is -0.257. The summed E-state index contributed by atoms with van der Waals surface area (Å²) in [4.78, 5) is 30.8. The molecule has 1 aromatic carbocycles. The second-order valence-corrected chi connectivity index (χ2v) is 12.0. The van der Waals surface area contributed by atoms with Gasteiger partial charge in [0.2, 0.25) is 5.91 Å². The lowest BCUT2D eigenvalue weighted by molar-refractivity contribution is -0.128. The fraction of sp³-hybridized carbons (Fsp3) is 0.467. The Balaban J connectivity index is 1.33. The van der Waals surface area contributed by atoms with Crippen LogP contribution in [0.2, 0.25) is 0 Å². The Bertz CT molecular complexity index is 1500. The standard InChI is InChI=1S/C30H34FN7O2S/c1-3-27(39)38-15-14-37(17-21(38)9-11-32)29-23-10-13-36(25-8-4-6-20-16-26(31)41-28(20)25)18-24(23)33-30(34-29)40-19-22-7-5-12-35(22)2/h3-4,6,8,16,21-22H,1,5,7,9-10,12-15,17-19H2,2H3/t21-,22-/m0/s1. The molecule has 1 amide bonds. The molecule has 0 spiro atoms. The number of likely N-dealkylation sites (tertiary alicyclic amines) is 1. The SMILES string of the molecule is C=CC(=O)N1CCN(c2nc(OC[C@@H]3CCCN3C)nc3c2CCN(c2cccc4cc(F)sc24)C3)C[C@@H]1CC#N. The molecule has 2 atom stereocenters. The van der Waals surface area contributed by atoms with Crippen LogP contribution in [0.4, 0.5) is 15.9 Å². The Morgan fingerprint density at radius 3 is 2.90 bits per heavy atom. The monoisotopic (exact) mass is 575 g/mol. The number of nitriles is 1. The molecule has 5 heterocycles. The van der Waals surface area contributed by atoms with E-state index in [-0.39, 0.29) is 23.5 Å². The number of amides is 1. The number of ether oxygens (including phenoxy) is 1. The van der Waals surface area contributed by atoms with Gasteiger partial charge in [0.1, 0.15) is 12.4 Å². The molecule has 0 radical (unpaired) electrons. The van der Waals surface area contributed by atoms with E-state index in [2.05, 4.69) is 34.4 Å². The number of hydrogen-bond donors (Lipinski definition) is 0. The van der Waals surface area contributed by atoms with Crippen LogP contribution < -0.4 is 14.5 Å². The Labute approximate surface area is 243 Å². The smallest absolute Gasteiger partial charge is 0.318 e. The van der Waals surface area contributed by atoms with Crippen molar-refractivity contribution in [3.05, 3.63) is 53.3 Å². The predicted molar refractivity (Wildman–Crippen MR) is 158 cm³/mol. The Morgan fingerprint density at radius 2 is 2.12 bits per heavy atom. The van der Waals surface area contributed by atoms with Crippen LogP contribution in [-0.4, -0.2) is 84.1 Å². The maximum Gasteiger partial charge on any atom is 0.318 e. The van der Waals surface area contributed by atoms with Gasteiger partial charge >= 0.3 is 6.01 Å². The van der Waals surface area contributed by atoms with E-state index in [9.17, 15) is 14.4 Å². The minimum Gasteiger partial charge on any atom is -0.462 e. The number of rotatable bonds is 7. The van der Waals surface area contributed by atoms with Crippen LogP contribution in [0.15, 0.2) is 36.9 Å². The number of carbonyl (C=O) groups is 1. The van der Waals surface area contributed by atoms with Crippen molar-refractivity contribution in [3.8, 4) is 12.1 Å². The summed E-state index contributed by atoms with van der Waals surface area (Å²) < 4.78 is 21.3. The first-order chi connectivity index (χ1) is 19.9. The molecular formula is C30H34FN7O2S. The van der Waals surface area contributed by atoms with E-state index in [1.54, 1.807) is 11.0 Å². The van der Waals surface area contributed by atoms with Crippen molar-refractivity contribution in [1.29, 1.82) is 5.26 Å². The summed E-state index contributed by atoms with van der Waals surface area (Å²) in [6.45, 7) is 8.08. The van der Waals surface area contributed by atoms with Crippen molar-refractivity contribution in [2.24, 2.45) is 0 Å². The molecule has 0 unspecified atom stereocenters. The van der Waals surface area contributed by atoms with E-state index in [0.717, 1.165) is 65.2 Å². The fourth-order valence-electron chi connectivity index (χ4n) is 6.28. The third-order valence-electron chi connectivity index (χ3n) is 8.50. The van der Waals surface area contributed by atoms with Gasteiger partial charge in [0.05, 0.1) is 41.2 Å². The summed E-state index contributed by atoms with van der Waals surface area (Å²) in [5, 5.41) is 10.2. The van der Waals surface area contributed by atoms with Crippen LogP contribution in [0.1, 0.15) is 30.5 Å². The van der Waals surface area contributed by atoms with Crippen molar-refractivity contribution in [3.63, 3.8) is 0 Å². The largest absolute Gasteiger partial charge is 0.462 e. The zero-order valence-corrected chi connectivity index (χ0v) is 24.1. The number of carbonyl (C=O) groups excluding carboxylic acids is 1. The van der Waals surface area contributed by atoms with E-state index in [1.807, 2.05) is 18.2 Å². The number of halogens is 1. The molecule has 2 fully saturated rings. The number of likely N-dealkylation sites (N-methyl/N-ethyl adjacent to an activating group) is 1. The van der Waals surface area contributed by atoms with Gasteiger partial charge in [-0.3, -0.25) is 4.79 Å². The normalized spacial score (nSPS) is 21.1. The first-order valence-corrected chi connectivity index (χ1v) is 15.0. The highest BCUT2D eigenvalue weighted by atomic mass is 32.1. The van der Waals surface area contributed by atoms with Gasteiger partial charge in [-0.15, -0.1) is 11.3 Å². The maximum absolute atomic E-state index is 14.2. The minimum absolute atomic E-state index is 0.158. The summed E-state index contributed by atoms with van der Waals surface area (Å²) in [6, 6.07) is 10.2. The van der Waals surface area contributed by atoms with E-state index >= 15 is 0 Å². The molecule has 3 aliphatic heterocycles. The number of aromatic nitrogens is 2. The Morgan fingerprint density at radius 1 is 1.24 bits per heavy atom. The Hall–Kier alpha value is -3.75. The second-order valence-electron chi connectivity index (χ2n) is 11.0. The number of fused-ring (bicyclic) bond motifs is 2. The highest BCUT2D eigenvalue weighted by Crippen LogP contribution is 2.37. The van der Waals surface area contributed by atoms with Gasteiger partial charge in [-0.05, 0) is 56.4 Å². The lowest BCUT2D eigenvalue weighted by atomic mass is 10.0. The average Bonchev–Trinajstić information content (AvgIpc) is 3.58. The fourth-order valence-corrected chi connectivity index (χ4v) is 7.21. The topological polar surface area (TPSA) is 88.8 Å². The lowest BCUT2D eigenvalue weighted by Gasteiger charge is -2.42. The third-order valence-corrected chi connectivity index (χ3v) is 9.46. The van der Waals surface area contributed by atoms with Gasteiger partial charge in [-0.2, -0.15) is 19.6 Å². The number of thiophene rings is 1. The van der Waals surface area contributed by atoms with Crippen molar-refractivity contribution >= 4 is 38.8 Å². The number of piperazine rings is 1. The van der Waals surface area contributed by atoms with Crippen LogP contribution in [0.3, 0.4) is 0 Å². The van der Waals surface area contributed by atoms with Crippen molar-refractivity contribution in [1.82, 2.24) is 19.8 Å². The van der Waals surface area contributed by atoms with Crippen LogP contribution in [0.5, 0.6) is 6.01 Å². The molecule has 2 aromatic heterocycles. The molecule has 214 valence electrons. The van der Waals surface area contributed by atoms with E-state index in [4.69, 9.17) is 14.7 Å². The molecular weight excluding hydrogens is 541 g/mol. The van der Waals surface area contributed by atoms with Gasteiger partial charge in [0.25, 0.3) is 0 Å². The number of hydrogen-bond acceptors (Lipinski definition) is 9. The molecule has 11 heteroatoms. The van der Waals surface area contributed by atoms with Crippen LogP contribution >= 0.6 is 11.3 Å². The van der Waals surface area contributed by atoms with Gasteiger partial charge in [-0.1, -0.05) is 18.7 Å². The van der Waals surface area contributed by atoms with Gasteiger partial charge < -0.3 is 24.3 Å². The molecule has 41 heavy (non-hydrogen) atoms. The average molecular weight is 576 g/mol. The molecule has 3 aliphatic rings. The molecule has 6 rings (SSSR count). The zero-order valence-electron chi connectivity index (χ0n) is 23.3. The highest BCUT2D eigenvalue weighted by Gasteiger charge is 2.33. The van der Waals surface area contributed by atoms with Gasteiger partial charge in [0, 0.05) is 37.8 Å². The van der Waals surface area contributed by atoms with Crippen LogP contribution in [-0.2, 0) is 17.8 Å². The first-order valence-electron chi connectivity index (χ1n) is 14.2. The summed E-state index contributed by atoms with van der Waals surface area (Å²) >= 11 is 1.17. The van der Waals surface area contributed by atoms with E-state index in [0.29, 0.717) is 44.8 Å². The quantitative estimate of drug-likeness (QED) is 0.391. The molecule has 0 saturated carbocycles. The van der Waals surface area contributed by atoms with Crippen LogP contribution in [0, 0.1) is 16.5 Å². The zero-order chi connectivity index (χ0) is 28.5. The molecule has 9 nitrogen and oxygen atoms in total. The lowest BCUT2D eigenvalue weighted by Crippen LogP contribution is -2.55. The number of anilines is 2. The molecule has 2 saturated heterocycles. The van der Waals surface area contributed by atoms with Crippen LogP contribution in [0.25, 0.3) is 10.1 Å². The first kappa shape index (κ1) is 27.4. The Kier molecular flexibility index (Phi) is 7.77. The summed E-state index contributed by atoms with van der Waals surface area (Å²) in [5.41, 5.74) is 2.96. The van der Waals surface area contributed by atoms with Crippen molar-refractivity contribution in [2.75, 3.05) is 56.2 Å².